The lowest BCUT2D eigenvalue weighted by Gasteiger charge is -2.15. The summed E-state index contributed by atoms with van der Waals surface area (Å²) in [6.07, 6.45) is 19.1. The van der Waals surface area contributed by atoms with Crippen LogP contribution in [0.2, 0.25) is 0 Å². The molecule has 0 heterocycles. The van der Waals surface area contributed by atoms with Crippen LogP contribution in [-0.2, 0) is 19.1 Å². The largest absolute Gasteiger partial charge is 0.478 e. The molecule has 0 spiro atoms. The van der Waals surface area contributed by atoms with Gasteiger partial charge in [-0.05, 0) is 38.5 Å². The topological polar surface area (TPSA) is 101 Å². The molecule has 0 unspecified atom stereocenters. The summed E-state index contributed by atoms with van der Waals surface area (Å²) in [7, 11) is 0. The van der Waals surface area contributed by atoms with Gasteiger partial charge in [-0.3, -0.25) is 4.79 Å². The van der Waals surface area contributed by atoms with E-state index in [1.54, 1.807) is 0 Å². The van der Waals surface area contributed by atoms with Crippen LogP contribution in [0.5, 0.6) is 0 Å². The highest BCUT2D eigenvalue weighted by Crippen LogP contribution is 2.19. The number of aliphatic carboxylic acids is 2. The number of hydrogen-bond donors (Lipinski definition) is 2. The summed E-state index contributed by atoms with van der Waals surface area (Å²) in [5.41, 5.74) is -3.34. The molecule has 0 bridgehead atoms. The minimum atomic E-state index is -3.34. The van der Waals surface area contributed by atoms with Crippen molar-refractivity contribution in [3.63, 3.8) is 0 Å². The van der Waals surface area contributed by atoms with E-state index in [1.165, 1.54) is 44.9 Å². The molecule has 6 nitrogen and oxygen atoms in total. The molecular formula is C24H41FO6. The predicted molar refractivity (Wildman–Crippen MR) is 119 cm³/mol. The Morgan fingerprint density at radius 3 is 1.77 bits per heavy atom. The molecule has 0 amide bonds. The lowest BCUT2D eigenvalue weighted by Crippen LogP contribution is -2.42. The molecule has 0 rings (SSSR count). The number of alkyl halides is 1. The van der Waals surface area contributed by atoms with Gasteiger partial charge >= 0.3 is 23.6 Å². The molecule has 0 saturated heterocycles. The van der Waals surface area contributed by atoms with E-state index in [2.05, 4.69) is 19.1 Å². The van der Waals surface area contributed by atoms with Crippen molar-refractivity contribution < 1.29 is 33.7 Å². The van der Waals surface area contributed by atoms with Gasteiger partial charge in [0.15, 0.2) is 0 Å². The Balaban J connectivity index is 3.51. The Kier molecular flexibility index (Phi) is 17.7. The van der Waals surface area contributed by atoms with E-state index in [1.807, 2.05) is 0 Å². The highest BCUT2D eigenvalue weighted by molar-refractivity contribution is 6.01. The van der Waals surface area contributed by atoms with Crippen molar-refractivity contribution in [2.24, 2.45) is 0 Å². The zero-order valence-electron chi connectivity index (χ0n) is 19.1. The first-order chi connectivity index (χ1) is 14.8. The standard InChI is InChI=1S/C24H41FO6/c1-2-3-4-5-6-7-8-9-10-11-12-13-14-15-16-18-21(26)31-20-17-19-24(25,22(27)28)23(29)30/h9-10H,2-8,11-20H2,1H3,(H,27,28)(H,29,30)/b10-9-. The Bertz CT molecular complexity index is 518. The number of halogens is 1. The molecule has 0 aromatic rings. The predicted octanol–water partition coefficient (Wildman–Crippen LogP) is 6.22. The fraction of sp³-hybridized carbons (Fsp3) is 0.792. The van der Waals surface area contributed by atoms with Gasteiger partial charge in [0.1, 0.15) is 0 Å². The van der Waals surface area contributed by atoms with Crippen molar-refractivity contribution in [1.82, 2.24) is 0 Å². The van der Waals surface area contributed by atoms with Crippen LogP contribution >= 0.6 is 0 Å². The SMILES string of the molecule is CCCCCCCC/C=C\CCCCCCCC(=O)OCCCC(F)(C(=O)O)C(=O)O. The van der Waals surface area contributed by atoms with Gasteiger partial charge in [-0.15, -0.1) is 0 Å². The summed E-state index contributed by atoms with van der Waals surface area (Å²) in [6.45, 7) is 2.05. The third-order valence-corrected chi connectivity index (χ3v) is 5.25. The van der Waals surface area contributed by atoms with Crippen molar-refractivity contribution in [3.8, 4) is 0 Å². The van der Waals surface area contributed by atoms with E-state index in [0.29, 0.717) is 6.42 Å². The molecule has 0 aliphatic carbocycles. The van der Waals surface area contributed by atoms with E-state index in [4.69, 9.17) is 14.9 Å². The number of unbranched alkanes of at least 4 members (excludes halogenated alkanes) is 11. The normalized spacial score (nSPS) is 11.7. The molecule has 0 radical (unpaired) electrons. The van der Waals surface area contributed by atoms with Gasteiger partial charge in [-0.25, -0.2) is 14.0 Å². The highest BCUT2D eigenvalue weighted by Gasteiger charge is 2.46. The Labute approximate surface area is 186 Å². The highest BCUT2D eigenvalue weighted by atomic mass is 19.1. The van der Waals surface area contributed by atoms with Crippen LogP contribution < -0.4 is 0 Å². The number of carboxylic acid groups (broad SMARTS) is 2. The maximum Gasteiger partial charge on any atom is 0.353 e. The van der Waals surface area contributed by atoms with Gasteiger partial charge < -0.3 is 14.9 Å². The smallest absolute Gasteiger partial charge is 0.353 e. The van der Waals surface area contributed by atoms with Crippen LogP contribution in [0, 0.1) is 0 Å². The Hall–Kier alpha value is -1.92. The minimum absolute atomic E-state index is 0.160. The minimum Gasteiger partial charge on any atom is -0.478 e. The first-order valence-electron chi connectivity index (χ1n) is 11.8. The Morgan fingerprint density at radius 2 is 1.26 bits per heavy atom. The second kappa shape index (κ2) is 18.8. The summed E-state index contributed by atoms with van der Waals surface area (Å²) in [5.74, 6) is -4.51. The van der Waals surface area contributed by atoms with Crippen LogP contribution in [0.3, 0.4) is 0 Å². The van der Waals surface area contributed by atoms with Gasteiger partial charge in [0, 0.05) is 12.8 Å². The number of rotatable bonds is 21. The van der Waals surface area contributed by atoms with E-state index in [-0.39, 0.29) is 19.4 Å². The fourth-order valence-corrected chi connectivity index (χ4v) is 3.22. The molecule has 0 aromatic heterocycles. The van der Waals surface area contributed by atoms with Crippen molar-refractivity contribution in [2.75, 3.05) is 6.61 Å². The average Bonchev–Trinajstić information content (AvgIpc) is 2.73. The van der Waals surface area contributed by atoms with Crippen LogP contribution in [0.1, 0.15) is 110 Å². The van der Waals surface area contributed by atoms with Gasteiger partial charge in [-0.2, -0.15) is 0 Å². The maximum atomic E-state index is 13.7. The van der Waals surface area contributed by atoms with Crippen molar-refractivity contribution in [2.45, 2.75) is 115 Å². The summed E-state index contributed by atoms with van der Waals surface area (Å²) >= 11 is 0. The van der Waals surface area contributed by atoms with E-state index in [0.717, 1.165) is 32.1 Å². The van der Waals surface area contributed by atoms with Crippen LogP contribution in [0.25, 0.3) is 0 Å². The van der Waals surface area contributed by atoms with Gasteiger partial charge in [0.2, 0.25) is 0 Å². The fourth-order valence-electron chi connectivity index (χ4n) is 3.22. The number of allylic oxidation sites excluding steroid dienone is 2. The van der Waals surface area contributed by atoms with Crippen molar-refractivity contribution in [1.29, 1.82) is 0 Å². The van der Waals surface area contributed by atoms with Gasteiger partial charge in [-0.1, -0.05) is 70.4 Å². The third-order valence-electron chi connectivity index (χ3n) is 5.25. The second-order valence-electron chi connectivity index (χ2n) is 8.07. The monoisotopic (exact) mass is 444 g/mol. The molecule has 0 aliphatic rings. The number of esters is 1. The third kappa shape index (κ3) is 15.5. The first kappa shape index (κ1) is 29.1. The van der Waals surface area contributed by atoms with Gasteiger partial charge in [0.25, 0.3) is 0 Å². The molecule has 0 atom stereocenters. The molecule has 0 saturated carbocycles. The summed E-state index contributed by atoms with van der Waals surface area (Å²) in [4.78, 5) is 33.0. The second-order valence-corrected chi connectivity index (χ2v) is 8.07. The van der Waals surface area contributed by atoms with Crippen LogP contribution in [-0.4, -0.2) is 40.4 Å². The summed E-state index contributed by atoms with van der Waals surface area (Å²) < 4.78 is 18.6. The van der Waals surface area contributed by atoms with Crippen molar-refractivity contribution >= 4 is 17.9 Å². The van der Waals surface area contributed by atoms with Crippen molar-refractivity contribution in [3.05, 3.63) is 12.2 Å². The number of hydrogen-bond acceptors (Lipinski definition) is 4. The zero-order chi connectivity index (χ0) is 23.4. The molecule has 31 heavy (non-hydrogen) atoms. The number of carboxylic acids is 2. The number of carbonyl (C=O) groups is 3. The molecule has 0 fully saturated rings. The lowest BCUT2D eigenvalue weighted by molar-refractivity contribution is -0.167. The summed E-state index contributed by atoms with van der Waals surface area (Å²) in [5, 5.41) is 17.3. The molecular weight excluding hydrogens is 403 g/mol. The quantitative estimate of drug-likeness (QED) is 0.0942. The molecule has 180 valence electrons. The van der Waals surface area contributed by atoms with Crippen LogP contribution in [0.15, 0.2) is 12.2 Å². The first-order valence-corrected chi connectivity index (χ1v) is 11.8. The van der Waals surface area contributed by atoms with Gasteiger partial charge in [0.05, 0.1) is 6.61 Å². The molecule has 7 heteroatoms. The maximum absolute atomic E-state index is 13.7. The van der Waals surface area contributed by atoms with E-state index < -0.39 is 30.0 Å². The zero-order valence-corrected chi connectivity index (χ0v) is 19.1. The number of carbonyl (C=O) groups excluding carboxylic acids is 1. The molecule has 0 aromatic carbocycles. The Morgan fingerprint density at radius 1 is 0.774 bits per heavy atom. The van der Waals surface area contributed by atoms with E-state index >= 15 is 0 Å². The number of ether oxygens (including phenoxy) is 1. The molecule has 2 N–H and O–H groups in total. The average molecular weight is 445 g/mol. The van der Waals surface area contributed by atoms with E-state index in [9.17, 15) is 18.8 Å². The van der Waals surface area contributed by atoms with Crippen LogP contribution in [0.4, 0.5) is 4.39 Å². The summed E-state index contributed by atoms with van der Waals surface area (Å²) in [6, 6.07) is 0. The lowest BCUT2D eigenvalue weighted by atomic mass is 10.0. The molecule has 0 aliphatic heterocycles.